The molecular formula is C17H22O4. The maximum absolute atomic E-state index is 12.7. The zero-order valence-electron chi connectivity index (χ0n) is 13.2. The number of hydrogen-bond acceptors (Lipinski definition) is 4. The summed E-state index contributed by atoms with van der Waals surface area (Å²) in [4.78, 5) is 25.4. The van der Waals surface area contributed by atoms with E-state index in [9.17, 15) is 14.7 Å². The van der Waals surface area contributed by atoms with E-state index < -0.39 is 17.1 Å². The lowest BCUT2D eigenvalue weighted by Gasteiger charge is -2.43. The predicted octanol–water partition coefficient (Wildman–Crippen LogP) is 2.76. The molecule has 2 rings (SSSR count). The number of ether oxygens (including phenoxy) is 1. The monoisotopic (exact) mass is 290 g/mol. The molecule has 114 valence electrons. The van der Waals surface area contributed by atoms with E-state index in [4.69, 9.17) is 4.74 Å². The van der Waals surface area contributed by atoms with Crippen LogP contribution in [0.2, 0.25) is 0 Å². The first-order valence-electron chi connectivity index (χ1n) is 7.20. The lowest BCUT2D eigenvalue weighted by molar-refractivity contribution is -0.184. The largest absolute Gasteiger partial charge is 0.508 e. The number of benzene rings is 1. The zero-order valence-corrected chi connectivity index (χ0v) is 13.2. The molecule has 0 radical (unpaired) electrons. The van der Waals surface area contributed by atoms with Crippen LogP contribution >= 0.6 is 0 Å². The first-order chi connectivity index (χ1) is 9.60. The average molecular weight is 290 g/mol. The average Bonchev–Trinajstić information content (AvgIpc) is 2.36. The Hall–Kier alpha value is -1.68. The summed E-state index contributed by atoms with van der Waals surface area (Å²) in [5, 5.41) is 9.74. The second-order valence-corrected chi connectivity index (χ2v) is 6.52. The first-order valence-corrected chi connectivity index (χ1v) is 7.20. The van der Waals surface area contributed by atoms with Crippen LogP contribution in [-0.4, -0.2) is 27.9 Å². The second-order valence-electron chi connectivity index (χ2n) is 6.52. The Morgan fingerprint density at radius 2 is 1.62 bits per heavy atom. The standard InChI is InChI=1S/C17H22O4/c1-6-10-7-8-11(18)9-12(10)13-14(19)16(2,3)21-17(4,5)15(13)20/h7-9,13,18H,6H2,1-5H3. The topological polar surface area (TPSA) is 63.6 Å². The highest BCUT2D eigenvalue weighted by Gasteiger charge is 2.53. The summed E-state index contributed by atoms with van der Waals surface area (Å²) >= 11 is 0. The van der Waals surface area contributed by atoms with E-state index in [1.54, 1.807) is 39.8 Å². The van der Waals surface area contributed by atoms with Crippen LogP contribution in [0, 0.1) is 0 Å². The van der Waals surface area contributed by atoms with Crippen molar-refractivity contribution < 1.29 is 19.4 Å². The van der Waals surface area contributed by atoms with Crippen molar-refractivity contribution in [1.82, 2.24) is 0 Å². The van der Waals surface area contributed by atoms with Gasteiger partial charge in [0.2, 0.25) is 0 Å². The van der Waals surface area contributed by atoms with E-state index in [2.05, 4.69) is 0 Å². The van der Waals surface area contributed by atoms with Gasteiger partial charge in [0, 0.05) is 0 Å². The molecule has 1 heterocycles. The molecule has 1 aliphatic rings. The summed E-state index contributed by atoms with van der Waals surface area (Å²) in [6.07, 6.45) is 0.689. The third-order valence-electron chi connectivity index (χ3n) is 4.04. The lowest BCUT2D eigenvalue weighted by Crippen LogP contribution is -2.58. The number of carbonyl (C=O) groups excluding carboxylic acids is 2. The van der Waals surface area contributed by atoms with Crippen LogP contribution in [0.5, 0.6) is 5.75 Å². The molecule has 0 unspecified atom stereocenters. The van der Waals surface area contributed by atoms with E-state index in [1.807, 2.05) is 6.92 Å². The Labute approximate surface area is 125 Å². The van der Waals surface area contributed by atoms with Crippen LogP contribution in [0.3, 0.4) is 0 Å². The molecule has 0 spiro atoms. The number of aryl methyl sites for hydroxylation is 1. The number of hydrogen-bond donors (Lipinski definition) is 1. The summed E-state index contributed by atoms with van der Waals surface area (Å²) < 4.78 is 5.68. The van der Waals surface area contributed by atoms with Gasteiger partial charge in [-0.1, -0.05) is 13.0 Å². The Bertz CT molecular complexity index is 573. The number of rotatable bonds is 2. The highest BCUT2D eigenvalue weighted by molar-refractivity contribution is 6.15. The molecule has 1 aromatic rings. The SMILES string of the molecule is CCc1ccc(O)cc1C1C(=O)C(C)(C)OC(C)(C)C1=O. The van der Waals surface area contributed by atoms with Gasteiger partial charge >= 0.3 is 0 Å². The van der Waals surface area contributed by atoms with E-state index in [0.29, 0.717) is 12.0 Å². The quantitative estimate of drug-likeness (QED) is 0.851. The van der Waals surface area contributed by atoms with Gasteiger partial charge in [-0.15, -0.1) is 0 Å². The van der Waals surface area contributed by atoms with Gasteiger partial charge in [-0.25, -0.2) is 0 Å². The van der Waals surface area contributed by atoms with Gasteiger partial charge < -0.3 is 9.84 Å². The van der Waals surface area contributed by atoms with Crippen molar-refractivity contribution in [3.05, 3.63) is 29.3 Å². The summed E-state index contributed by atoms with van der Waals surface area (Å²) in [6, 6.07) is 4.87. The van der Waals surface area contributed by atoms with Crippen LogP contribution in [-0.2, 0) is 20.7 Å². The zero-order chi connectivity index (χ0) is 16.0. The highest BCUT2D eigenvalue weighted by Crippen LogP contribution is 2.40. The summed E-state index contributed by atoms with van der Waals surface area (Å²) in [5.74, 6) is -1.34. The molecule has 0 aromatic heterocycles. The molecule has 0 aliphatic carbocycles. The third-order valence-corrected chi connectivity index (χ3v) is 4.04. The van der Waals surface area contributed by atoms with Gasteiger partial charge in [-0.05, 0) is 57.4 Å². The fourth-order valence-corrected chi connectivity index (χ4v) is 3.01. The summed E-state index contributed by atoms with van der Waals surface area (Å²) in [6.45, 7) is 8.70. The van der Waals surface area contributed by atoms with E-state index in [-0.39, 0.29) is 17.3 Å². The van der Waals surface area contributed by atoms with Gasteiger partial charge in [0.15, 0.2) is 11.6 Å². The molecule has 0 bridgehead atoms. The maximum Gasteiger partial charge on any atom is 0.179 e. The first kappa shape index (κ1) is 15.7. The van der Waals surface area contributed by atoms with E-state index >= 15 is 0 Å². The molecular weight excluding hydrogens is 268 g/mol. The number of Topliss-reactive ketones (excluding diaryl/α,β-unsaturated/α-hetero) is 2. The highest BCUT2D eigenvalue weighted by atomic mass is 16.5. The van der Waals surface area contributed by atoms with Crippen LogP contribution < -0.4 is 0 Å². The number of phenolic OH excluding ortho intramolecular Hbond substituents is 1. The van der Waals surface area contributed by atoms with E-state index in [0.717, 1.165) is 5.56 Å². The molecule has 1 saturated heterocycles. The normalized spacial score (nSPS) is 21.6. The fraction of sp³-hybridized carbons (Fsp3) is 0.529. The molecule has 0 amide bonds. The molecule has 1 aliphatic heterocycles. The Kier molecular flexibility index (Phi) is 3.70. The van der Waals surface area contributed by atoms with Gasteiger partial charge in [-0.3, -0.25) is 9.59 Å². The van der Waals surface area contributed by atoms with Crippen LogP contribution in [0.4, 0.5) is 0 Å². The minimum Gasteiger partial charge on any atom is -0.508 e. The molecule has 21 heavy (non-hydrogen) atoms. The number of phenols is 1. The van der Waals surface area contributed by atoms with Crippen LogP contribution in [0.25, 0.3) is 0 Å². The van der Waals surface area contributed by atoms with Gasteiger partial charge in [0.25, 0.3) is 0 Å². The number of ketones is 2. The molecule has 1 aromatic carbocycles. The van der Waals surface area contributed by atoms with Crippen molar-refractivity contribution in [1.29, 1.82) is 0 Å². The van der Waals surface area contributed by atoms with Gasteiger partial charge in [0.1, 0.15) is 22.9 Å². The summed E-state index contributed by atoms with van der Waals surface area (Å²) in [5.41, 5.74) is -0.568. The van der Waals surface area contributed by atoms with Gasteiger partial charge in [0.05, 0.1) is 0 Å². The number of carbonyl (C=O) groups is 2. The Morgan fingerprint density at radius 1 is 1.10 bits per heavy atom. The Balaban J connectivity index is 2.62. The van der Waals surface area contributed by atoms with Crippen molar-refractivity contribution in [2.24, 2.45) is 0 Å². The summed E-state index contributed by atoms with van der Waals surface area (Å²) in [7, 11) is 0. The van der Waals surface area contributed by atoms with Crippen molar-refractivity contribution in [3.63, 3.8) is 0 Å². The maximum atomic E-state index is 12.7. The Morgan fingerprint density at radius 3 is 2.10 bits per heavy atom. The van der Waals surface area contributed by atoms with Crippen LogP contribution in [0.15, 0.2) is 18.2 Å². The molecule has 1 fully saturated rings. The molecule has 4 nitrogen and oxygen atoms in total. The van der Waals surface area contributed by atoms with Crippen molar-refractivity contribution in [2.75, 3.05) is 0 Å². The second kappa shape index (κ2) is 4.95. The molecule has 0 saturated carbocycles. The third kappa shape index (κ3) is 2.60. The minimum absolute atomic E-state index is 0.0601. The smallest absolute Gasteiger partial charge is 0.179 e. The van der Waals surface area contributed by atoms with E-state index in [1.165, 1.54) is 6.07 Å². The van der Waals surface area contributed by atoms with Crippen molar-refractivity contribution in [3.8, 4) is 5.75 Å². The molecule has 4 heteroatoms. The fourth-order valence-electron chi connectivity index (χ4n) is 3.01. The van der Waals surface area contributed by atoms with Gasteiger partial charge in [-0.2, -0.15) is 0 Å². The lowest BCUT2D eigenvalue weighted by atomic mass is 9.74. The van der Waals surface area contributed by atoms with Crippen LogP contribution in [0.1, 0.15) is 51.7 Å². The number of aromatic hydroxyl groups is 1. The van der Waals surface area contributed by atoms with Crippen molar-refractivity contribution >= 4 is 11.6 Å². The minimum atomic E-state index is -1.03. The molecule has 0 atom stereocenters. The van der Waals surface area contributed by atoms with Crippen molar-refractivity contribution in [2.45, 2.75) is 58.2 Å². The molecule has 1 N–H and O–H groups in total. The predicted molar refractivity (Wildman–Crippen MR) is 79.5 cm³/mol.